The second kappa shape index (κ2) is 7.36. The predicted octanol–water partition coefficient (Wildman–Crippen LogP) is 5.69. The van der Waals surface area contributed by atoms with Crippen LogP contribution in [-0.2, 0) is 11.3 Å². The Morgan fingerprint density at radius 1 is 1.00 bits per heavy atom. The summed E-state index contributed by atoms with van der Waals surface area (Å²) >= 11 is 0. The van der Waals surface area contributed by atoms with E-state index in [-0.39, 0.29) is 11.3 Å². The maximum absolute atomic E-state index is 13.6. The molecule has 5 heteroatoms. The van der Waals surface area contributed by atoms with Gasteiger partial charge in [0.05, 0.1) is 6.20 Å². The van der Waals surface area contributed by atoms with E-state index in [4.69, 9.17) is 0 Å². The molecule has 0 radical (unpaired) electrons. The van der Waals surface area contributed by atoms with E-state index < -0.39 is 0 Å². The maximum atomic E-state index is 13.6. The molecule has 0 amide bonds. The van der Waals surface area contributed by atoms with Gasteiger partial charge in [0.15, 0.2) is 11.4 Å². The molecule has 0 aromatic carbocycles. The fourth-order valence-electron chi connectivity index (χ4n) is 9.19. The molecule has 2 aromatic rings. The molecule has 0 bridgehead atoms. The SMILES string of the molecule is CC1CCC2(C)C(CCC3C2CCC2(C)C(C(=O)Cn4ncc5nccnc54)CCC32)C1. The summed E-state index contributed by atoms with van der Waals surface area (Å²) in [6.45, 7) is 7.90. The van der Waals surface area contributed by atoms with Gasteiger partial charge in [-0.15, -0.1) is 0 Å². The Bertz CT molecular complexity index is 1030. The van der Waals surface area contributed by atoms with Crippen LogP contribution < -0.4 is 0 Å². The molecular formula is C27H38N4O. The lowest BCUT2D eigenvalue weighted by Crippen LogP contribution is -2.53. The first kappa shape index (κ1) is 20.8. The third-order valence-electron chi connectivity index (χ3n) is 10.9. The normalized spacial score (nSPS) is 43.5. The van der Waals surface area contributed by atoms with Crippen LogP contribution in [0.4, 0.5) is 0 Å². The summed E-state index contributed by atoms with van der Waals surface area (Å²) in [6.07, 6.45) is 17.1. The first-order chi connectivity index (χ1) is 15.4. The minimum atomic E-state index is 0.165. The van der Waals surface area contributed by atoms with E-state index in [2.05, 4.69) is 35.8 Å². The lowest BCUT2D eigenvalue weighted by Gasteiger charge is -2.61. The van der Waals surface area contributed by atoms with Gasteiger partial charge >= 0.3 is 0 Å². The molecule has 8 atom stereocenters. The standard InChI is InChI=1S/C27H38N4O/c1-17-8-10-26(2)18(14-17)4-5-19-20-6-7-22(27(20,3)11-9-21(19)26)24(32)16-31-25-23(15-30-31)28-12-13-29-25/h12-13,15,17-22H,4-11,14,16H2,1-3H3. The molecule has 0 aliphatic heterocycles. The van der Waals surface area contributed by atoms with E-state index in [0.29, 0.717) is 17.7 Å². The Kier molecular flexibility index (Phi) is 4.79. The molecule has 0 saturated heterocycles. The minimum absolute atomic E-state index is 0.165. The van der Waals surface area contributed by atoms with Gasteiger partial charge in [0.2, 0.25) is 0 Å². The molecule has 2 heterocycles. The molecule has 4 fully saturated rings. The van der Waals surface area contributed by atoms with E-state index >= 15 is 0 Å². The van der Waals surface area contributed by atoms with Crippen LogP contribution in [0.5, 0.6) is 0 Å². The molecule has 4 saturated carbocycles. The summed E-state index contributed by atoms with van der Waals surface area (Å²) in [5.74, 6) is 4.81. The van der Waals surface area contributed by atoms with Crippen molar-refractivity contribution < 1.29 is 4.79 Å². The molecule has 6 rings (SSSR count). The van der Waals surface area contributed by atoms with Crippen LogP contribution in [0.15, 0.2) is 18.6 Å². The van der Waals surface area contributed by atoms with Crippen LogP contribution >= 0.6 is 0 Å². The Morgan fingerprint density at radius 2 is 1.78 bits per heavy atom. The second-order valence-electron chi connectivity index (χ2n) is 12.2. The lowest BCUT2D eigenvalue weighted by atomic mass is 9.44. The lowest BCUT2D eigenvalue weighted by molar-refractivity contribution is -0.137. The molecule has 4 aliphatic carbocycles. The molecule has 172 valence electrons. The summed E-state index contributed by atoms with van der Waals surface area (Å²) in [4.78, 5) is 22.3. The molecule has 0 N–H and O–H groups in total. The average molecular weight is 435 g/mol. The summed E-state index contributed by atoms with van der Waals surface area (Å²) in [5, 5.41) is 4.43. The maximum Gasteiger partial charge on any atom is 0.177 e. The molecule has 32 heavy (non-hydrogen) atoms. The van der Waals surface area contributed by atoms with Crippen LogP contribution in [0, 0.1) is 46.3 Å². The fourth-order valence-corrected chi connectivity index (χ4v) is 9.19. The number of carbonyl (C=O) groups excluding carboxylic acids is 1. The summed E-state index contributed by atoms with van der Waals surface area (Å²) in [5.41, 5.74) is 2.20. The van der Waals surface area contributed by atoms with Gasteiger partial charge in [-0.05, 0) is 91.8 Å². The third kappa shape index (κ3) is 2.95. The average Bonchev–Trinajstić information content (AvgIpc) is 3.35. The number of hydrogen-bond donors (Lipinski definition) is 0. The largest absolute Gasteiger partial charge is 0.297 e. The zero-order valence-corrected chi connectivity index (χ0v) is 20.0. The Hall–Kier alpha value is -1.78. The summed E-state index contributed by atoms with van der Waals surface area (Å²) in [7, 11) is 0. The number of carbonyl (C=O) groups is 1. The van der Waals surface area contributed by atoms with E-state index in [1.165, 1.54) is 51.4 Å². The number of ketones is 1. The fraction of sp³-hybridized carbons (Fsp3) is 0.778. The van der Waals surface area contributed by atoms with E-state index in [0.717, 1.165) is 47.2 Å². The van der Waals surface area contributed by atoms with Crippen molar-refractivity contribution in [3.63, 3.8) is 0 Å². The molecule has 2 aromatic heterocycles. The van der Waals surface area contributed by atoms with Crippen molar-refractivity contribution in [1.29, 1.82) is 0 Å². The van der Waals surface area contributed by atoms with E-state index in [9.17, 15) is 4.79 Å². The van der Waals surface area contributed by atoms with Gasteiger partial charge < -0.3 is 0 Å². The van der Waals surface area contributed by atoms with Gasteiger partial charge in [0.1, 0.15) is 12.1 Å². The zero-order chi connectivity index (χ0) is 22.1. The van der Waals surface area contributed by atoms with Gasteiger partial charge in [-0.1, -0.05) is 27.2 Å². The quantitative estimate of drug-likeness (QED) is 0.622. The first-order valence-electron chi connectivity index (χ1n) is 13.1. The van der Waals surface area contributed by atoms with Crippen LogP contribution in [0.1, 0.15) is 78.6 Å². The Morgan fingerprint density at radius 3 is 2.66 bits per heavy atom. The highest BCUT2D eigenvalue weighted by atomic mass is 16.1. The van der Waals surface area contributed by atoms with E-state index in [1.807, 2.05) is 0 Å². The van der Waals surface area contributed by atoms with Crippen molar-refractivity contribution in [2.24, 2.45) is 46.3 Å². The summed E-state index contributed by atoms with van der Waals surface area (Å²) in [6, 6.07) is 0. The third-order valence-corrected chi connectivity index (χ3v) is 10.9. The minimum Gasteiger partial charge on any atom is -0.297 e. The number of nitrogens with zero attached hydrogens (tertiary/aromatic N) is 4. The van der Waals surface area contributed by atoms with Crippen LogP contribution in [0.25, 0.3) is 11.2 Å². The molecule has 5 nitrogen and oxygen atoms in total. The molecular weight excluding hydrogens is 396 g/mol. The second-order valence-corrected chi connectivity index (χ2v) is 12.2. The van der Waals surface area contributed by atoms with Gasteiger partial charge in [-0.2, -0.15) is 5.10 Å². The van der Waals surface area contributed by atoms with Crippen molar-refractivity contribution in [2.45, 2.75) is 85.1 Å². The molecule has 4 aliphatic rings. The highest BCUT2D eigenvalue weighted by molar-refractivity contribution is 5.83. The van der Waals surface area contributed by atoms with Crippen LogP contribution in [-0.4, -0.2) is 25.5 Å². The van der Waals surface area contributed by atoms with Crippen molar-refractivity contribution in [3.8, 4) is 0 Å². The topological polar surface area (TPSA) is 60.7 Å². The highest BCUT2D eigenvalue weighted by Gasteiger charge is 2.60. The monoisotopic (exact) mass is 434 g/mol. The smallest absolute Gasteiger partial charge is 0.177 e. The van der Waals surface area contributed by atoms with Crippen molar-refractivity contribution in [3.05, 3.63) is 18.6 Å². The number of hydrogen-bond acceptors (Lipinski definition) is 4. The van der Waals surface area contributed by atoms with Gasteiger partial charge in [0, 0.05) is 18.3 Å². The number of rotatable bonds is 3. The van der Waals surface area contributed by atoms with Gasteiger partial charge in [-0.25, -0.2) is 14.6 Å². The summed E-state index contributed by atoms with van der Waals surface area (Å²) < 4.78 is 1.77. The number of Topliss-reactive ketones (excluding diaryl/α,β-unsaturated/α-hetero) is 1. The Labute approximate surface area is 191 Å². The number of fused-ring (bicyclic) bond motifs is 6. The zero-order valence-electron chi connectivity index (χ0n) is 20.0. The molecule has 0 spiro atoms. The molecule has 8 unspecified atom stereocenters. The van der Waals surface area contributed by atoms with Crippen molar-refractivity contribution in [1.82, 2.24) is 19.7 Å². The van der Waals surface area contributed by atoms with Gasteiger partial charge in [-0.3, -0.25) is 4.79 Å². The van der Waals surface area contributed by atoms with Crippen LogP contribution in [0.2, 0.25) is 0 Å². The van der Waals surface area contributed by atoms with Gasteiger partial charge in [0.25, 0.3) is 0 Å². The number of aromatic nitrogens is 4. The predicted molar refractivity (Wildman–Crippen MR) is 125 cm³/mol. The highest BCUT2D eigenvalue weighted by Crippen LogP contribution is 2.67. The van der Waals surface area contributed by atoms with E-state index in [1.54, 1.807) is 23.3 Å². The van der Waals surface area contributed by atoms with Crippen LogP contribution in [0.3, 0.4) is 0 Å². The Balaban J connectivity index is 1.22. The van der Waals surface area contributed by atoms with Crippen molar-refractivity contribution in [2.75, 3.05) is 0 Å². The first-order valence-corrected chi connectivity index (χ1v) is 13.1. The van der Waals surface area contributed by atoms with Crippen molar-refractivity contribution >= 4 is 16.9 Å².